The number of rotatable bonds is 8. The molecular formula is C29H40N12O8. The predicted octanol–water partition coefficient (Wildman–Crippen LogP) is -4.26. The largest absolute Gasteiger partial charge is 0.385 e. The highest BCUT2D eigenvalue weighted by Crippen LogP contribution is 2.36. The lowest BCUT2D eigenvalue weighted by atomic mass is 9.83. The van der Waals surface area contributed by atoms with E-state index < -0.39 is 56.8 Å². The molecule has 4 rings (SSSR count). The maximum atomic E-state index is 13.6. The molecule has 0 amide bonds. The van der Waals surface area contributed by atoms with Gasteiger partial charge in [0.2, 0.25) is 0 Å². The number of aromatic nitrogens is 8. The Hall–Kier alpha value is -6.08. The zero-order valence-corrected chi connectivity index (χ0v) is 28.4. The summed E-state index contributed by atoms with van der Waals surface area (Å²) in [5.74, 6) is -3.43. The number of anilines is 4. The number of hydrogen-bond acceptors (Lipinski definition) is 12. The van der Waals surface area contributed by atoms with Gasteiger partial charge in [-0.15, -0.1) is 0 Å². The summed E-state index contributed by atoms with van der Waals surface area (Å²) < 4.78 is 7.36. The number of hydrogen-bond donors (Lipinski definition) is 4. The molecule has 0 unspecified atom stereocenters. The summed E-state index contributed by atoms with van der Waals surface area (Å²) in [6, 6.07) is 0. The second kappa shape index (κ2) is 12.5. The molecule has 20 nitrogen and oxygen atoms in total. The van der Waals surface area contributed by atoms with E-state index in [-0.39, 0.29) is 64.8 Å². The first-order valence-corrected chi connectivity index (χ1v) is 14.9. The highest BCUT2D eigenvalue weighted by Gasteiger charge is 2.33. The van der Waals surface area contributed by atoms with Gasteiger partial charge in [0.05, 0.1) is 22.3 Å². The SMILES string of the molecule is Cn1c(N)c(C(CCCC(c2c(N)n(C)c(=O)n(C)c2=O)c2c(N)n(C)c(=O)n(C)c2=O)c2c(N)n(C)c(=O)n(C)c2=O)c(=O)n(C)c1=O. The third-order valence-corrected chi connectivity index (χ3v) is 9.36. The molecule has 4 aromatic rings. The molecule has 49 heavy (non-hydrogen) atoms. The third-order valence-electron chi connectivity index (χ3n) is 9.36. The molecule has 0 bridgehead atoms. The van der Waals surface area contributed by atoms with Gasteiger partial charge in [-0.25, -0.2) is 19.2 Å². The monoisotopic (exact) mass is 684 g/mol. The molecule has 0 atom stereocenters. The van der Waals surface area contributed by atoms with Gasteiger partial charge in [-0.3, -0.25) is 55.7 Å². The first-order valence-electron chi connectivity index (χ1n) is 14.9. The fourth-order valence-electron chi connectivity index (χ4n) is 6.25. The minimum absolute atomic E-state index is 0.00305. The van der Waals surface area contributed by atoms with E-state index in [0.717, 1.165) is 36.5 Å². The van der Waals surface area contributed by atoms with Crippen molar-refractivity contribution >= 4 is 23.3 Å². The van der Waals surface area contributed by atoms with Gasteiger partial charge in [0, 0.05) is 68.2 Å². The summed E-state index contributed by atoms with van der Waals surface area (Å²) in [6.07, 6.45) is -0.212. The number of nitrogens with zero attached hydrogens (tertiary/aromatic N) is 8. The van der Waals surface area contributed by atoms with Crippen LogP contribution in [0.25, 0.3) is 0 Å². The van der Waals surface area contributed by atoms with Crippen LogP contribution in [0.4, 0.5) is 23.3 Å². The summed E-state index contributed by atoms with van der Waals surface area (Å²) in [4.78, 5) is 105. The Labute approximate surface area is 275 Å². The lowest BCUT2D eigenvalue weighted by Crippen LogP contribution is -2.44. The molecule has 4 heterocycles. The second-order valence-electron chi connectivity index (χ2n) is 12.1. The van der Waals surface area contributed by atoms with Crippen molar-refractivity contribution in [3.63, 3.8) is 0 Å². The summed E-state index contributed by atoms with van der Waals surface area (Å²) in [7, 11) is 10.3. The van der Waals surface area contributed by atoms with E-state index in [0.29, 0.717) is 0 Å². The quantitative estimate of drug-likeness (QED) is 0.137. The second-order valence-corrected chi connectivity index (χ2v) is 12.1. The molecule has 20 heteroatoms. The van der Waals surface area contributed by atoms with Crippen LogP contribution in [0.1, 0.15) is 53.4 Å². The van der Waals surface area contributed by atoms with Gasteiger partial charge in [-0.05, 0) is 12.8 Å². The zero-order valence-electron chi connectivity index (χ0n) is 28.4. The molecule has 0 saturated carbocycles. The van der Waals surface area contributed by atoms with Crippen molar-refractivity contribution in [3.8, 4) is 0 Å². The minimum Gasteiger partial charge on any atom is -0.385 e. The summed E-state index contributed by atoms with van der Waals surface area (Å²) >= 11 is 0. The Kier molecular flexibility index (Phi) is 9.13. The van der Waals surface area contributed by atoms with E-state index in [2.05, 4.69) is 0 Å². The number of nitrogens with two attached hydrogens (primary N) is 4. The third kappa shape index (κ3) is 5.33. The molecule has 8 N–H and O–H groups in total. The van der Waals surface area contributed by atoms with Gasteiger partial charge >= 0.3 is 22.8 Å². The van der Waals surface area contributed by atoms with E-state index >= 15 is 0 Å². The van der Waals surface area contributed by atoms with Crippen LogP contribution < -0.4 is 67.9 Å². The van der Waals surface area contributed by atoms with Gasteiger partial charge in [0.25, 0.3) is 22.2 Å². The van der Waals surface area contributed by atoms with Crippen LogP contribution in [0.2, 0.25) is 0 Å². The normalized spacial score (nSPS) is 11.6. The van der Waals surface area contributed by atoms with Crippen LogP contribution in [-0.4, -0.2) is 36.5 Å². The Morgan fingerprint density at radius 2 is 0.551 bits per heavy atom. The van der Waals surface area contributed by atoms with Crippen molar-refractivity contribution in [2.45, 2.75) is 31.1 Å². The fraction of sp³-hybridized carbons (Fsp3) is 0.448. The smallest absolute Gasteiger partial charge is 0.332 e. The van der Waals surface area contributed by atoms with Gasteiger partial charge in [-0.2, -0.15) is 0 Å². The number of nitrogen functional groups attached to an aromatic ring is 4. The summed E-state index contributed by atoms with van der Waals surface area (Å²) in [5, 5.41) is 0. The van der Waals surface area contributed by atoms with Gasteiger partial charge < -0.3 is 22.9 Å². The average molecular weight is 685 g/mol. The van der Waals surface area contributed by atoms with Crippen molar-refractivity contribution in [1.82, 2.24) is 36.5 Å². The molecule has 0 aliphatic rings. The Morgan fingerprint density at radius 1 is 0.367 bits per heavy atom. The molecular weight excluding hydrogens is 644 g/mol. The van der Waals surface area contributed by atoms with Crippen LogP contribution in [0.5, 0.6) is 0 Å². The fourth-order valence-corrected chi connectivity index (χ4v) is 6.25. The van der Waals surface area contributed by atoms with Crippen molar-refractivity contribution in [2.24, 2.45) is 56.4 Å². The molecule has 0 aliphatic heterocycles. The standard InChI is InChI=1S/C29H40N12O8/c1-34-18(30)14(22(42)38(5)26(34)46)12(15-19(31)35(2)27(47)39(6)23(15)43)10-9-11-13(16-20(32)36(3)28(48)40(7)24(16)44)17-21(33)37(4)29(49)41(8)25(17)45/h12-13H,9-11,30-33H2,1-8H3. The molecule has 0 radical (unpaired) electrons. The molecule has 4 aromatic heterocycles. The first kappa shape index (κ1) is 35.8. The van der Waals surface area contributed by atoms with Crippen molar-refractivity contribution < 1.29 is 0 Å². The molecule has 0 fully saturated rings. The van der Waals surface area contributed by atoms with E-state index in [9.17, 15) is 38.4 Å². The summed E-state index contributed by atoms with van der Waals surface area (Å²) in [6.45, 7) is 0. The van der Waals surface area contributed by atoms with Crippen molar-refractivity contribution in [1.29, 1.82) is 0 Å². The van der Waals surface area contributed by atoms with Crippen LogP contribution in [-0.2, 0) is 56.4 Å². The van der Waals surface area contributed by atoms with E-state index in [1.807, 2.05) is 0 Å². The van der Waals surface area contributed by atoms with Gasteiger partial charge in [0.1, 0.15) is 23.3 Å². The molecule has 0 aromatic carbocycles. The highest BCUT2D eigenvalue weighted by molar-refractivity contribution is 5.53. The van der Waals surface area contributed by atoms with Crippen LogP contribution in [0.3, 0.4) is 0 Å². The van der Waals surface area contributed by atoms with E-state index in [1.165, 1.54) is 56.4 Å². The predicted molar refractivity (Wildman–Crippen MR) is 183 cm³/mol. The van der Waals surface area contributed by atoms with Crippen LogP contribution in [0, 0.1) is 0 Å². The average Bonchev–Trinajstić information content (AvgIpc) is 3.07. The topological polar surface area (TPSA) is 280 Å². The van der Waals surface area contributed by atoms with Crippen molar-refractivity contribution in [2.75, 3.05) is 22.9 Å². The Morgan fingerprint density at radius 3 is 0.735 bits per heavy atom. The van der Waals surface area contributed by atoms with Crippen LogP contribution in [0.15, 0.2) is 38.4 Å². The van der Waals surface area contributed by atoms with Gasteiger partial charge in [-0.1, -0.05) is 6.42 Å². The van der Waals surface area contributed by atoms with Crippen LogP contribution >= 0.6 is 0 Å². The molecule has 0 spiro atoms. The maximum Gasteiger partial charge on any atom is 0.332 e. The minimum atomic E-state index is -1.21. The van der Waals surface area contributed by atoms with E-state index in [1.54, 1.807) is 0 Å². The van der Waals surface area contributed by atoms with Crippen molar-refractivity contribution in [3.05, 3.63) is 106 Å². The molecule has 0 aliphatic carbocycles. The lowest BCUT2D eigenvalue weighted by molar-refractivity contribution is 0.548. The van der Waals surface area contributed by atoms with Gasteiger partial charge in [0.15, 0.2) is 0 Å². The lowest BCUT2D eigenvalue weighted by Gasteiger charge is -2.25. The van der Waals surface area contributed by atoms with E-state index in [4.69, 9.17) is 22.9 Å². The maximum absolute atomic E-state index is 13.6. The Bertz CT molecular complexity index is 2190. The first-order chi connectivity index (χ1) is 22.7. The molecule has 264 valence electrons. The zero-order chi connectivity index (χ0) is 37.1. The summed E-state index contributed by atoms with van der Waals surface area (Å²) in [5.41, 5.74) is 18.5. The highest BCUT2D eigenvalue weighted by atomic mass is 16.2. The molecule has 0 saturated heterocycles. The Balaban J connectivity index is 2.03.